The SMILES string of the molecule is Cc1nc2scc(CC(=O)NCCCN3CCOCC3)n2c(=O)c1-c1cc(C)n(-c2ccc(C(C)C)cc2)n1. The van der Waals surface area contributed by atoms with Gasteiger partial charge in [0.15, 0.2) is 4.96 Å². The van der Waals surface area contributed by atoms with Gasteiger partial charge < -0.3 is 10.1 Å². The van der Waals surface area contributed by atoms with Gasteiger partial charge in [-0.1, -0.05) is 26.0 Å². The number of hydrogen-bond donors (Lipinski definition) is 1. The maximum absolute atomic E-state index is 13.8. The van der Waals surface area contributed by atoms with Crippen LogP contribution in [0.1, 0.15) is 48.8 Å². The van der Waals surface area contributed by atoms with E-state index in [9.17, 15) is 9.59 Å². The van der Waals surface area contributed by atoms with E-state index in [2.05, 4.69) is 48.3 Å². The molecule has 5 rings (SSSR count). The van der Waals surface area contributed by atoms with Crippen LogP contribution >= 0.6 is 11.3 Å². The van der Waals surface area contributed by atoms with Crippen molar-refractivity contribution in [3.8, 4) is 16.9 Å². The minimum Gasteiger partial charge on any atom is -0.379 e. The normalized spacial score (nSPS) is 14.4. The van der Waals surface area contributed by atoms with Crippen molar-refractivity contribution < 1.29 is 9.53 Å². The lowest BCUT2D eigenvalue weighted by Gasteiger charge is -2.26. The van der Waals surface area contributed by atoms with Crippen LogP contribution in [0.25, 0.3) is 21.9 Å². The van der Waals surface area contributed by atoms with E-state index < -0.39 is 0 Å². The fourth-order valence-electron chi connectivity index (χ4n) is 4.96. The molecule has 9 nitrogen and oxygen atoms in total. The van der Waals surface area contributed by atoms with Crippen molar-refractivity contribution in [2.45, 2.75) is 46.5 Å². The third kappa shape index (κ3) is 5.98. The van der Waals surface area contributed by atoms with Crippen molar-refractivity contribution >= 4 is 22.2 Å². The van der Waals surface area contributed by atoms with Gasteiger partial charge in [-0.05, 0) is 56.5 Å². The predicted molar refractivity (Wildman–Crippen MR) is 154 cm³/mol. The Morgan fingerprint density at radius 3 is 2.62 bits per heavy atom. The lowest BCUT2D eigenvalue weighted by molar-refractivity contribution is -0.120. The number of ether oxygens (including phenoxy) is 1. The lowest BCUT2D eigenvalue weighted by atomic mass is 10.0. The van der Waals surface area contributed by atoms with E-state index in [1.165, 1.54) is 16.9 Å². The van der Waals surface area contributed by atoms with E-state index in [0.29, 0.717) is 40.1 Å². The van der Waals surface area contributed by atoms with E-state index in [0.717, 1.165) is 50.7 Å². The summed E-state index contributed by atoms with van der Waals surface area (Å²) in [5, 5.41) is 9.64. The molecule has 1 aliphatic heterocycles. The summed E-state index contributed by atoms with van der Waals surface area (Å²) >= 11 is 1.37. The standard InChI is InChI=1S/C29H36N6O3S/c1-19(2)22-6-8-23(9-7-22)35-20(3)16-25(32-35)27-21(4)31-29-34(28(27)37)24(18-39-29)17-26(36)30-10-5-11-33-12-14-38-15-13-33/h6-9,16,18-19H,5,10-15,17H2,1-4H3,(H,30,36). The molecule has 4 aromatic rings. The van der Waals surface area contributed by atoms with Crippen molar-refractivity contribution in [2.24, 2.45) is 0 Å². The lowest BCUT2D eigenvalue weighted by Crippen LogP contribution is -2.38. The molecule has 3 aromatic heterocycles. The van der Waals surface area contributed by atoms with E-state index in [1.54, 1.807) is 4.40 Å². The van der Waals surface area contributed by atoms with E-state index in [-0.39, 0.29) is 17.9 Å². The smallest absolute Gasteiger partial charge is 0.268 e. The molecule has 0 atom stereocenters. The summed E-state index contributed by atoms with van der Waals surface area (Å²) < 4.78 is 8.80. The molecule has 1 saturated heterocycles. The minimum atomic E-state index is -0.200. The molecule has 1 aliphatic rings. The summed E-state index contributed by atoms with van der Waals surface area (Å²) in [5.74, 6) is 0.349. The Morgan fingerprint density at radius 2 is 1.90 bits per heavy atom. The Hall–Kier alpha value is -3.34. The highest BCUT2D eigenvalue weighted by Crippen LogP contribution is 2.24. The van der Waals surface area contributed by atoms with Gasteiger partial charge in [0.2, 0.25) is 5.91 Å². The molecule has 1 fully saturated rings. The zero-order valence-electron chi connectivity index (χ0n) is 23.1. The molecule has 0 bridgehead atoms. The monoisotopic (exact) mass is 548 g/mol. The summed E-state index contributed by atoms with van der Waals surface area (Å²) in [4.78, 5) is 34.1. The number of nitrogens with zero attached hydrogens (tertiary/aromatic N) is 5. The molecule has 10 heteroatoms. The first-order valence-electron chi connectivity index (χ1n) is 13.6. The number of carbonyl (C=O) groups is 1. The molecule has 1 amide bonds. The number of thiazole rings is 1. The molecule has 0 radical (unpaired) electrons. The van der Waals surface area contributed by atoms with Gasteiger partial charge in [-0.25, -0.2) is 9.67 Å². The third-order valence-electron chi connectivity index (χ3n) is 7.19. The van der Waals surface area contributed by atoms with Crippen LogP contribution < -0.4 is 10.9 Å². The number of aryl methyl sites for hydroxylation is 2. The highest BCUT2D eigenvalue weighted by Gasteiger charge is 2.20. The second-order valence-corrected chi connectivity index (χ2v) is 11.2. The largest absolute Gasteiger partial charge is 0.379 e. The molecule has 1 aromatic carbocycles. The highest BCUT2D eigenvalue weighted by molar-refractivity contribution is 7.15. The molecule has 206 valence electrons. The summed E-state index contributed by atoms with van der Waals surface area (Å²) in [7, 11) is 0. The van der Waals surface area contributed by atoms with Crippen LogP contribution in [0.2, 0.25) is 0 Å². The van der Waals surface area contributed by atoms with Gasteiger partial charge >= 0.3 is 0 Å². The van der Waals surface area contributed by atoms with Gasteiger partial charge in [-0.15, -0.1) is 11.3 Å². The average Bonchev–Trinajstić information content (AvgIpc) is 3.50. The third-order valence-corrected chi connectivity index (χ3v) is 8.06. The Labute approximate surface area is 232 Å². The summed E-state index contributed by atoms with van der Waals surface area (Å²) in [5.41, 5.74) is 5.23. The number of hydrogen-bond acceptors (Lipinski definition) is 7. The zero-order valence-corrected chi connectivity index (χ0v) is 23.9. The van der Waals surface area contributed by atoms with Gasteiger partial charge in [0.25, 0.3) is 5.56 Å². The number of carbonyl (C=O) groups excluding carboxylic acids is 1. The second kappa shape index (κ2) is 11.8. The Bertz CT molecular complexity index is 1510. The molecule has 1 N–H and O–H groups in total. The number of morpholine rings is 1. The average molecular weight is 549 g/mol. The van der Waals surface area contributed by atoms with Gasteiger partial charge in [0.05, 0.1) is 36.6 Å². The van der Waals surface area contributed by atoms with E-state index in [4.69, 9.17) is 14.8 Å². The number of rotatable bonds is 9. The Kier molecular flexibility index (Phi) is 8.25. The van der Waals surface area contributed by atoms with Crippen molar-refractivity contribution in [3.63, 3.8) is 0 Å². The molecular weight excluding hydrogens is 512 g/mol. The topological polar surface area (TPSA) is 93.8 Å². The summed E-state index contributed by atoms with van der Waals surface area (Å²) in [6, 6.07) is 10.2. The second-order valence-electron chi connectivity index (χ2n) is 10.4. The van der Waals surface area contributed by atoms with Crippen molar-refractivity contribution in [2.75, 3.05) is 39.4 Å². The van der Waals surface area contributed by atoms with Crippen molar-refractivity contribution in [1.82, 2.24) is 29.4 Å². The number of amides is 1. The predicted octanol–water partition coefficient (Wildman–Crippen LogP) is 3.73. The van der Waals surface area contributed by atoms with Crippen LogP contribution in [0.15, 0.2) is 40.5 Å². The number of fused-ring (bicyclic) bond motifs is 1. The van der Waals surface area contributed by atoms with E-state index in [1.807, 2.05) is 30.0 Å². The van der Waals surface area contributed by atoms with Crippen LogP contribution in [-0.2, 0) is 16.0 Å². The van der Waals surface area contributed by atoms with Crippen LogP contribution in [0.5, 0.6) is 0 Å². The van der Waals surface area contributed by atoms with Crippen molar-refractivity contribution in [3.05, 3.63) is 68.7 Å². The van der Waals surface area contributed by atoms with Crippen LogP contribution in [0, 0.1) is 13.8 Å². The molecule has 0 spiro atoms. The van der Waals surface area contributed by atoms with Gasteiger partial charge in [0, 0.05) is 36.4 Å². The maximum atomic E-state index is 13.8. The van der Waals surface area contributed by atoms with Gasteiger partial charge in [-0.2, -0.15) is 5.10 Å². The minimum absolute atomic E-state index is 0.101. The molecule has 4 heterocycles. The fraction of sp³-hybridized carbons (Fsp3) is 0.448. The fourth-order valence-corrected chi connectivity index (χ4v) is 5.89. The van der Waals surface area contributed by atoms with Gasteiger partial charge in [-0.3, -0.25) is 18.9 Å². The molecule has 39 heavy (non-hydrogen) atoms. The Balaban J connectivity index is 1.34. The van der Waals surface area contributed by atoms with E-state index >= 15 is 0 Å². The first-order valence-corrected chi connectivity index (χ1v) is 14.4. The molecular formula is C29H36N6O3S. The number of aromatic nitrogens is 4. The van der Waals surface area contributed by atoms with Crippen LogP contribution in [0.3, 0.4) is 0 Å². The van der Waals surface area contributed by atoms with Crippen LogP contribution in [0.4, 0.5) is 0 Å². The summed E-state index contributed by atoms with van der Waals surface area (Å²) in [6.45, 7) is 13.1. The Morgan fingerprint density at radius 1 is 1.15 bits per heavy atom. The van der Waals surface area contributed by atoms with Crippen molar-refractivity contribution in [1.29, 1.82) is 0 Å². The highest BCUT2D eigenvalue weighted by atomic mass is 32.1. The quantitative estimate of drug-likeness (QED) is 0.321. The number of nitrogens with one attached hydrogen (secondary N) is 1. The maximum Gasteiger partial charge on any atom is 0.268 e. The number of benzene rings is 1. The summed E-state index contributed by atoms with van der Waals surface area (Å²) in [6.07, 6.45) is 1.00. The first kappa shape index (κ1) is 27.2. The molecule has 0 saturated carbocycles. The molecule has 0 aliphatic carbocycles. The molecule has 0 unspecified atom stereocenters. The van der Waals surface area contributed by atoms with Crippen LogP contribution in [-0.4, -0.2) is 69.4 Å². The zero-order chi connectivity index (χ0) is 27.5. The first-order chi connectivity index (χ1) is 18.8. The van der Waals surface area contributed by atoms with Gasteiger partial charge in [0.1, 0.15) is 5.69 Å².